The van der Waals surface area contributed by atoms with Crippen LogP contribution in [-0.2, 0) is 6.42 Å². The van der Waals surface area contributed by atoms with Crippen molar-refractivity contribution in [2.75, 3.05) is 17.2 Å². The van der Waals surface area contributed by atoms with Crippen molar-refractivity contribution >= 4 is 23.4 Å². The van der Waals surface area contributed by atoms with Crippen LogP contribution in [0.15, 0.2) is 5.16 Å². The van der Waals surface area contributed by atoms with Gasteiger partial charge in [0.25, 0.3) is 0 Å². The van der Waals surface area contributed by atoms with Crippen molar-refractivity contribution in [1.82, 2.24) is 9.97 Å². The van der Waals surface area contributed by atoms with Crippen molar-refractivity contribution in [2.24, 2.45) is 5.92 Å². The van der Waals surface area contributed by atoms with E-state index in [1.165, 1.54) is 32.1 Å². The van der Waals surface area contributed by atoms with E-state index in [2.05, 4.69) is 16.9 Å². The van der Waals surface area contributed by atoms with Crippen LogP contribution in [0.25, 0.3) is 0 Å². The van der Waals surface area contributed by atoms with Crippen LogP contribution >= 0.6 is 11.8 Å². The van der Waals surface area contributed by atoms with Crippen LogP contribution in [0.2, 0.25) is 0 Å². The topological polar surface area (TPSA) is 77.8 Å². The summed E-state index contributed by atoms with van der Waals surface area (Å²) < 4.78 is 0. The van der Waals surface area contributed by atoms with Crippen LogP contribution in [0.4, 0.5) is 11.6 Å². The molecule has 0 spiro atoms. The number of anilines is 2. The number of rotatable bonds is 4. The second-order valence-corrected chi connectivity index (χ2v) is 6.13. The molecule has 0 unspecified atom stereocenters. The molecule has 1 fully saturated rings. The van der Waals surface area contributed by atoms with E-state index in [0.29, 0.717) is 22.7 Å². The molecule has 5 heteroatoms. The molecule has 100 valence electrons. The first-order valence-electron chi connectivity index (χ1n) is 6.75. The van der Waals surface area contributed by atoms with Gasteiger partial charge in [-0.2, -0.15) is 0 Å². The molecule has 0 radical (unpaired) electrons. The minimum absolute atomic E-state index is 0.573. The first kappa shape index (κ1) is 13.5. The summed E-state index contributed by atoms with van der Waals surface area (Å²) in [5.74, 6) is 2.78. The van der Waals surface area contributed by atoms with Gasteiger partial charge in [-0.15, -0.1) is 0 Å². The van der Waals surface area contributed by atoms with Gasteiger partial charge in [0.2, 0.25) is 0 Å². The summed E-state index contributed by atoms with van der Waals surface area (Å²) in [4.78, 5) is 8.68. The molecule has 1 heterocycles. The number of aromatic nitrogens is 2. The SMILES string of the molecule is CCSc1nc(N)c(CC2CCCCC2)c(N)n1. The maximum atomic E-state index is 6.03. The molecule has 4 N–H and O–H groups in total. The Kier molecular flexibility index (Phi) is 4.69. The van der Waals surface area contributed by atoms with E-state index in [0.717, 1.165) is 17.7 Å². The third kappa shape index (κ3) is 3.28. The van der Waals surface area contributed by atoms with Gasteiger partial charge in [0.1, 0.15) is 11.6 Å². The molecule has 2 rings (SSSR count). The van der Waals surface area contributed by atoms with Crippen LogP contribution in [0.1, 0.15) is 44.6 Å². The van der Waals surface area contributed by atoms with Crippen molar-refractivity contribution in [2.45, 2.75) is 50.6 Å². The Labute approximate surface area is 113 Å². The smallest absolute Gasteiger partial charge is 0.191 e. The Morgan fingerprint density at radius 1 is 1.11 bits per heavy atom. The molecule has 0 aromatic carbocycles. The Morgan fingerprint density at radius 2 is 1.72 bits per heavy atom. The second kappa shape index (κ2) is 6.27. The van der Waals surface area contributed by atoms with Crippen LogP contribution in [-0.4, -0.2) is 15.7 Å². The van der Waals surface area contributed by atoms with Crippen molar-refractivity contribution in [3.63, 3.8) is 0 Å². The highest BCUT2D eigenvalue weighted by Gasteiger charge is 2.18. The summed E-state index contributed by atoms with van der Waals surface area (Å²) in [6.45, 7) is 2.07. The maximum absolute atomic E-state index is 6.03. The highest BCUT2D eigenvalue weighted by molar-refractivity contribution is 7.99. The Hall–Kier alpha value is -0.970. The predicted molar refractivity (Wildman–Crippen MR) is 77.5 cm³/mol. The third-order valence-electron chi connectivity index (χ3n) is 3.54. The van der Waals surface area contributed by atoms with E-state index in [9.17, 15) is 0 Å². The van der Waals surface area contributed by atoms with Crippen LogP contribution in [0.5, 0.6) is 0 Å². The molecule has 0 bridgehead atoms. The van der Waals surface area contributed by atoms with E-state index >= 15 is 0 Å². The lowest BCUT2D eigenvalue weighted by Crippen LogP contribution is -2.14. The van der Waals surface area contributed by atoms with Gasteiger partial charge < -0.3 is 11.5 Å². The molecule has 0 atom stereocenters. The van der Waals surface area contributed by atoms with E-state index in [4.69, 9.17) is 11.5 Å². The Morgan fingerprint density at radius 3 is 2.28 bits per heavy atom. The molecule has 1 aliphatic carbocycles. The average Bonchev–Trinajstić information content (AvgIpc) is 2.36. The van der Waals surface area contributed by atoms with Crippen LogP contribution in [0.3, 0.4) is 0 Å². The molecular formula is C13H22N4S. The molecule has 0 aliphatic heterocycles. The highest BCUT2D eigenvalue weighted by atomic mass is 32.2. The standard InChI is InChI=1S/C13H22N4S/c1-2-18-13-16-11(14)10(12(15)17-13)8-9-6-4-3-5-7-9/h9H,2-8H2,1H3,(H4,14,15,16,17). The minimum atomic E-state index is 0.573. The average molecular weight is 266 g/mol. The molecule has 1 aromatic rings. The highest BCUT2D eigenvalue weighted by Crippen LogP contribution is 2.30. The fourth-order valence-electron chi connectivity index (χ4n) is 2.58. The summed E-state index contributed by atoms with van der Waals surface area (Å²) in [6.07, 6.45) is 7.53. The lowest BCUT2D eigenvalue weighted by molar-refractivity contribution is 0.357. The summed E-state index contributed by atoms with van der Waals surface area (Å²) in [7, 11) is 0. The first-order chi connectivity index (χ1) is 8.70. The Balaban J connectivity index is 2.11. The van der Waals surface area contributed by atoms with E-state index in [-0.39, 0.29) is 0 Å². The summed E-state index contributed by atoms with van der Waals surface area (Å²) >= 11 is 1.58. The molecule has 4 nitrogen and oxygen atoms in total. The lowest BCUT2D eigenvalue weighted by atomic mass is 9.85. The molecule has 0 saturated heterocycles. The van der Waals surface area contributed by atoms with Crippen molar-refractivity contribution in [1.29, 1.82) is 0 Å². The van der Waals surface area contributed by atoms with Gasteiger partial charge in [0.05, 0.1) is 0 Å². The molecule has 1 saturated carbocycles. The molecule has 1 aliphatic rings. The molecule has 18 heavy (non-hydrogen) atoms. The van der Waals surface area contributed by atoms with E-state index < -0.39 is 0 Å². The zero-order valence-electron chi connectivity index (χ0n) is 11.0. The Bertz CT molecular complexity index is 379. The van der Waals surface area contributed by atoms with Gasteiger partial charge in [-0.25, -0.2) is 9.97 Å². The molecule has 0 amide bonds. The minimum Gasteiger partial charge on any atom is -0.383 e. The second-order valence-electron chi connectivity index (χ2n) is 4.90. The fourth-order valence-corrected chi connectivity index (χ4v) is 3.16. The van der Waals surface area contributed by atoms with Gasteiger partial charge in [-0.1, -0.05) is 50.8 Å². The zero-order chi connectivity index (χ0) is 13.0. The lowest BCUT2D eigenvalue weighted by Gasteiger charge is -2.22. The monoisotopic (exact) mass is 266 g/mol. The summed E-state index contributed by atoms with van der Waals surface area (Å²) in [6, 6.07) is 0. The van der Waals surface area contributed by atoms with Crippen LogP contribution in [0, 0.1) is 5.92 Å². The van der Waals surface area contributed by atoms with E-state index in [1.807, 2.05) is 0 Å². The normalized spacial score (nSPS) is 16.9. The first-order valence-corrected chi connectivity index (χ1v) is 7.74. The number of nitrogens with two attached hydrogens (primary N) is 2. The zero-order valence-corrected chi connectivity index (χ0v) is 11.8. The van der Waals surface area contributed by atoms with Gasteiger partial charge in [-0.05, 0) is 18.1 Å². The maximum Gasteiger partial charge on any atom is 0.191 e. The van der Waals surface area contributed by atoms with Crippen molar-refractivity contribution in [3.05, 3.63) is 5.56 Å². The fraction of sp³-hybridized carbons (Fsp3) is 0.692. The largest absolute Gasteiger partial charge is 0.383 e. The van der Waals surface area contributed by atoms with Crippen LogP contribution < -0.4 is 11.5 Å². The number of hydrogen-bond donors (Lipinski definition) is 2. The third-order valence-corrected chi connectivity index (χ3v) is 4.27. The quantitative estimate of drug-likeness (QED) is 0.647. The van der Waals surface area contributed by atoms with Gasteiger partial charge in [0, 0.05) is 5.56 Å². The molecular weight excluding hydrogens is 244 g/mol. The van der Waals surface area contributed by atoms with E-state index in [1.54, 1.807) is 11.8 Å². The summed E-state index contributed by atoms with van der Waals surface area (Å²) in [5, 5.41) is 0.694. The number of nitrogen functional groups attached to an aromatic ring is 2. The van der Waals surface area contributed by atoms with Gasteiger partial charge >= 0.3 is 0 Å². The van der Waals surface area contributed by atoms with Crippen molar-refractivity contribution < 1.29 is 0 Å². The number of nitrogens with zero attached hydrogens (tertiary/aromatic N) is 2. The van der Waals surface area contributed by atoms with Crippen molar-refractivity contribution in [3.8, 4) is 0 Å². The number of thioether (sulfide) groups is 1. The molecule has 1 aromatic heterocycles. The van der Waals surface area contributed by atoms with Gasteiger partial charge in [0.15, 0.2) is 5.16 Å². The predicted octanol–water partition coefficient (Wildman–Crippen LogP) is 2.88. The van der Waals surface area contributed by atoms with Gasteiger partial charge in [-0.3, -0.25) is 0 Å². The number of hydrogen-bond acceptors (Lipinski definition) is 5. The summed E-state index contributed by atoms with van der Waals surface area (Å²) in [5.41, 5.74) is 13.0.